The third kappa shape index (κ3) is 3.67. The number of anilines is 3. The molecule has 1 aromatic carbocycles. The topological polar surface area (TPSA) is 72.4 Å². The van der Waals surface area contributed by atoms with Crippen molar-refractivity contribution < 1.29 is 9.47 Å². The molecule has 1 N–H and O–H groups in total. The highest BCUT2D eigenvalue weighted by atomic mass is 16.5. The number of methoxy groups -OCH3 is 2. The first-order valence-corrected chi connectivity index (χ1v) is 8.13. The number of hydrogen-bond donors (Lipinski definition) is 1. The van der Waals surface area contributed by atoms with Crippen molar-refractivity contribution in [2.75, 3.05) is 37.5 Å². The Labute approximate surface area is 142 Å². The lowest BCUT2D eigenvalue weighted by atomic mass is 9.99. The SMILES string of the molecule is COc1ccc(Nc2nncc(N3CCC(C)CC3)n2)c(OC)c1. The first kappa shape index (κ1) is 16.3. The average Bonchev–Trinajstić information content (AvgIpc) is 2.63. The van der Waals surface area contributed by atoms with Gasteiger partial charge in [0.05, 0.1) is 26.1 Å². The largest absolute Gasteiger partial charge is 0.497 e. The van der Waals surface area contributed by atoms with Crippen molar-refractivity contribution in [1.29, 1.82) is 0 Å². The first-order chi connectivity index (χ1) is 11.7. The predicted molar refractivity (Wildman–Crippen MR) is 93.3 cm³/mol. The number of piperidine rings is 1. The van der Waals surface area contributed by atoms with Gasteiger partial charge in [-0.05, 0) is 30.9 Å². The molecule has 128 valence electrons. The van der Waals surface area contributed by atoms with Gasteiger partial charge in [-0.1, -0.05) is 6.92 Å². The van der Waals surface area contributed by atoms with E-state index >= 15 is 0 Å². The third-order valence-electron chi connectivity index (χ3n) is 4.31. The van der Waals surface area contributed by atoms with Gasteiger partial charge in [0.25, 0.3) is 0 Å². The first-order valence-electron chi connectivity index (χ1n) is 8.13. The molecule has 0 radical (unpaired) electrons. The van der Waals surface area contributed by atoms with Gasteiger partial charge in [-0.3, -0.25) is 0 Å². The Kier molecular flexibility index (Phi) is 4.98. The highest BCUT2D eigenvalue weighted by Crippen LogP contribution is 2.31. The van der Waals surface area contributed by atoms with Crippen LogP contribution >= 0.6 is 0 Å². The quantitative estimate of drug-likeness (QED) is 0.904. The fourth-order valence-electron chi connectivity index (χ4n) is 2.76. The van der Waals surface area contributed by atoms with Gasteiger partial charge >= 0.3 is 0 Å². The lowest BCUT2D eigenvalue weighted by Gasteiger charge is -2.30. The van der Waals surface area contributed by atoms with E-state index in [0.717, 1.165) is 36.3 Å². The van der Waals surface area contributed by atoms with Crippen LogP contribution in [-0.2, 0) is 0 Å². The molecule has 0 aliphatic carbocycles. The molecular weight excluding hydrogens is 306 g/mol. The molecule has 3 rings (SSSR count). The number of hydrogen-bond acceptors (Lipinski definition) is 7. The van der Waals surface area contributed by atoms with E-state index in [-0.39, 0.29) is 0 Å². The maximum absolute atomic E-state index is 5.39. The summed E-state index contributed by atoms with van der Waals surface area (Å²) in [6.45, 7) is 4.30. The van der Waals surface area contributed by atoms with Crippen LogP contribution in [0.1, 0.15) is 19.8 Å². The Balaban J connectivity index is 1.77. The van der Waals surface area contributed by atoms with E-state index in [0.29, 0.717) is 11.7 Å². The highest BCUT2D eigenvalue weighted by molar-refractivity contribution is 5.64. The summed E-state index contributed by atoms with van der Waals surface area (Å²) in [5.41, 5.74) is 0.768. The maximum Gasteiger partial charge on any atom is 0.249 e. The van der Waals surface area contributed by atoms with E-state index in [1.54, 1.807) is 20.4 Å². The van der Waals surface area contributed by atoms with Crippen molar-refractivity contribution in [3.63, 3.8) is 0 Å². The van der Waals surface area contributed by atoms with Crippen molar-refractivity contribution in [3.05, 3.63) is 24.4 Å². The van der Waals surface area contributed by atoms with Crippen molar-refractivity contribution in [3.8, 4) is 11.5 Å². The highest BCUT2D eigenvalue weighted by Gasteiger charge is 2.18. The number of nitrogens with zero attached hydrogens (tertiary/aromatic N) is 4. The Morgan fingerprint density at radius 2 is 1.96 bits per heavy atom. The normalized spacial score (nSPS) is 15.2. The monoisotopic (exact) mass is 329 g/mol. The zero-order valence-electron chi connectivity index (χ0n) is 14.3. The second-order valence-electron chi connectivity index (χ2n) is 6.00. The van der Waals surface area contributed by atoms with Crippen LogP contribution < -0.4 is 19.7 Å². The fraction of sp³-hybridized carbons (Fsp3) is 0.471. The summed E-state index contributed by atoms with van der Waals surface area (Å²) >= 11 is 0. The Bertz CT molecular complexity index is 686. The van der Waals surface area contributed by atoms with Crippen molar-refractivity contribution >= 4 is 17.5 Å². The molecule has 1 aromatic heterocycles. The lowest BCUT2D eigenvalue weighted by molar-refractivity contribution is 0.395. The molecule has 0 spiro atoms. The second-order valence-corrected chi connectivity index (χ2v) is 6.00. The molecular formula is C17H23N5O2. The summed E-state index contributed by atoms with van der Waals surface area (Å²) in [4.78, 5) is 6.84. The minimum Gasteiger partial charge on any atom is -0.497 e. The molecule has 0 saturated carbocycles. The molecule has 0 bridgehead atoms. The van der Waals surface area contributed by atoms with Gasteiger partial charge in [-0.2, -0.15) is 10.1 Å². The van der Waals surface area contributed by atoms with E-state index in [9.17, 15) is 0 Å². The molecule has 0 atom stereocenters. The lowest BCUT2D eigenvalue weighted by Crippen LogP contribution is -2.33. The van der Waals surface area contributed by atoms with Crippen LogP contribution in [0, 0.1) is 5.92 Å². The fourth-order valence-corrected chi connectivity index (χ4v) is 2.76. The third-order valence-corrected chi connectivity index (χ3v) is 4.31. The number of benzene rings is 1. The standard InChI is InChI=1S/C17H23N5O2/c1-12-6-8-22(9-7-12)16-11-18-21-17(20-16)19-14-5-4-13(23-2)10-15(14)24-3/h4-5,10-12H,6-9H2,1-3H3,(H,19,20,21). The van der Waals surface area contributed by atoms with E-state index in [2.05, 4.69) is 32.3 Å². The molecule has 1 aliphatic heterocycles. The van der Waals surface area contributed by atoms with Crippen molar-refractivity contribution in [1.82, 2.24) is 15.2 Å². The maximum atomic E-state index is 5.39. The summed E-state index contributed by atoms with van der Waals surface area (Å²) in [6, 6.07) is 5.54. The molecule has 1 saturated heterocycles. The van der Waals surface area contributed by atoms with Crippen LogP contribution in [0.3, 0.4) is 0 Å². The Morgan fingerprint density at radius 3 is 2.67 bits per heavy atom. The van der Waals surface area contributed by atoms with Crippen LogP contribution in [0.5, 0.6) is 11.5 Å². The van der Waals surface area contributed by atoms with Gasteiger partial charge in [0.2, 0.25) is 5.95 Å². The number of rotatable bonds is 5. The molecule has 1 aliphatic rings. The van der Waals surface area contributed by atoms with E-state index in [1.807, 2.05) is 18.2 Å². The van der Waals surface area contributed by atoms with Gasteiger partial charge in [-0.25, -0.2) is 0 Å². The average molecular weight is 329 g/mol. The van der Waals surface area contributed by atoms with E-state index < -0.39 is 0 Å². The smallest absolute Gasteiger partial charge is 0.249 e. The Hall–Kier alpha value is -2.57. The summed E-state index contributed by atoms with van der Waals surface area (Å²) in [6.07, 6.45) is 4.07. The molecule has 2 aromatic rings. The van der Waals surface area contributed by atoms with E-state index in [4.69, 9.17) is 9.47 Å². The summed E-state index contributed by atoms with van der Waals surface area (Å²) in [5, 5.41) is 11.3. The van der Waals surface area contributed by atoms with Crippen LogP contribution in [0.25, 0.3) is 0 Å². The molecule has 24 heavy (non-hydrogen) atoms. The molecule has 0 unspecified atom stereocenters. The van der Waals surface area contributed by atoms with Crippen LogP contribution in [0.4, 0.5) is 17.5 Å². The summed E-state index contributed by atoms with van der Waals surface area (Å²) in [7, 11) is 3.24. The van der Waals surface area contributed by atoms with Crippen LogP contribution in [0.2, 0.25) is 0 Å². The minimum atomic E-state index is 0.453. The zero-order chi connectivity index (χ0) is 16.9. The number of ether oxygens (including phenoxy) is 2. The molecule has 7 heteroatoms. The van der Waals surface area contributed by atoms with Crippen LogP contribution in [-0.4, -0.2) is 42.5 Å². The van der Waals surface area contributed by atoms with E-state index in [1.165, 1.54) is 12.8 Å². The molecule has 0 amide bonds. The Morgan fingerprint density at radius 1 is 1.17 bits per heavy atom. The van der Waals surface area contributed by atoms with Gasteiger partial charge in [0.15, 0.2) is 5.82 Å². The second kappa shape index (κ2) is 7.33. The van der Waals surface area contributed by atoms with Crippen LogP contribution in [0.15, 0.2) is 24.4 Å². The van der Waals surface area contributed by atoms with Gasteiger partial charge in [0, 0.05) is 19.2 Å². The van der Waals surface area contributed by atoms with Crippen molar-refractivity contribution in [2.24, 2.45) is 5.92 Å². The zero-order valence-corrected chi connectivity index (χ0v) is 14.3. The summed E-state index contributed by atoms with van der Waals surface area (Å²) in [5.74, 6) is 3.47. The minimum absolute atomic E-state index is 0.453. The van der Waals surface area contributed by atoms with Gasteiger partial charge in [0.1, 0.15) is 11.5 Å². The van der Waals surface area contributed by atoms with Crippen molar-refractivity contribution in [2.45, 2.75) is 19.8 Å². The molecule has 2 heterocycles. The molecule has 1 fully saturated rings. The predicted octanol–water partition coefficient (Wildman–Crippen LogP) is 2.87. The van der Waals surface area contributed by atoms with Gasteiger partial charge in [-0.15, -0.1) is 5.10 Å². The van der Waals surface area contributed by atoms with Gasteiger partial charge < -0.3 is 19.7 Å². The number of aromatic nitrogens is 3. The summed E-state index contributed by atoms with van der Waals surface area (Å²) < 4.78 is 10.6. The number of nitrogens with one attached hydrogen (secondary N) is 1. The molecule has 7 nitrogen and oxygen atoms in total.